The molecule has 0 amide bonds. The van der Waals surface area contributed by atoms with Gasteiger partial charge < -0.3 is 15.3 Å². The first-order valence-corrected chi connectivity index (χ1v) is 7.54. The van der Waals surface area contributed by atoms with E-state index in [1.165, 1.54) is 0 Å². The summed E-state index contributed by atoms with van der Waals surface area (Å²) in [6.45, 7) is 1.75. The second-order valence-electron chi connectivity index (χ2n) is 5.71. The molecule has 5 heteroatoms. The molecule has 0 aliphatic heterocycles. The van der Waals surface area contributed by atoms with Gasteiger partial charge in [0.05, 0.1) is 11.6 Å². The van der Waals surface area contributed by atoms with Crippen LogP contribution >= 0.6 is 0 Å². The minimum atomic E-state index is -0.508. The van der Waals surface area contributed by atoms with Gasteiger partial charge in [-0.25, -0.2) is 4.98 Å². The number of hydrogen-bond acceptors (Lipinski definition) is 5. The molecular weight excluding hydrogens is 288 g/mol. The lowest BCUT2D eigenvalue weighted by Gasteiger charge is -2.16. The van der Waals surface area contributed by atoms with E-state index in [2.05, 4.69) is 15.3 Å². The Kier molecular flexibility index (Phi) is 4.12. The molecule has 3 rings (SSSR count). The van der Waals surface area contributed by atoms with Gasteiger partial charge in [-0.1, -0.05) is 24.3 Å². The summed E-state index contributed by atoms with van der Waals surface area (Å²) in [6.07, 6.45) is -0.508. The predicted octanol–water partition coefficient (Wildman–Crippen LogP) is 3.49. The highest BCUT2D eigenvalue weighted by atomic mass is 16.3. The van der Waals surface area contributed by atoms with Gasteiger partial charge >= 0.3 is 0 Å². The molecule has 0 saturated heterocycles. The molecule has 0 radical (unpaired) electrons. The van der Waals surface area contributed by atoms with E-state index >= 15 is 0 Å². The van der Waals surface area contributed by atoms with E-state index in [1.807, 2.05) is 67.5 Å². The second-order valence-corrected chi connectivity index (χ2v) is 5.71. The van der Waals surface area contributed by atoms with Crippen molar-refractivity contribution in [2.45, 2.75) is 13.0 Å². The van der Waals surface area contributed by atoms with Crippen molar-refractivity contribution in [3.05, 3.63) is 54.1 Å². The number of aromatic nitrogens is 2. The van der Waals surface area contributed by atoms with Crippen molar-refractivity contribution in [3.63, 3.8) is 0 Å². The first-order valence-electron chi connectivity index (χ1n) is 7.54. The van der Waals surface area contributed by atoms with Crippen molar-refractivity contribution in [3.8, 4) is 0 Å². The standard InChI is InChI=1S/C18H20N4O/c1-12(23)13-7-6-8-14(11-13)19-18-20-16-10-5-4-9-15(16)17(21-18)22(2)3/h4-12,23H,1-3H3,(H,19,20,21)/t12-/m1/s1. The van der Waals surface area contributed by atoms with Gasteiger partial charge in [0.15, 0.2) is 0 Å². The normalized spacial score (nSPS) is 12.2. The van der Waals surface area contributed by atoms with Crippen LogP contribution in [-0.2, 0) is 0 Å². The van der Waals surface area contributed by atoms with Gasteiger partial charge in [0, 0.05) is 25.2 Å². The first kappa shape index (κ1) is 15.2. The van der Waals surface area contributed by atoms with Crippen LogP contribution in [0.1, 0.15) is 18.6 Å². The Morgan fingerprint density at radius 1 is 1.04 bits per heavy atom. The Labute approximate surface area is 135 Å². The monoisotopic (exact) mass is 308 g/mol. The molecule has 0 bridgehead atoms. The average Bonchev–Trinajstić information content (AvgIpc) is 2.54. The molecule has 0 fully saturated rings. The molecule has 118 valence electrons. The number of aliphatic hydroxyl groups is 1. The van der Waals surface area contributed by atoms with Crippen LogP contribution in [0.15, 0.2) is 48.5 Å². The van der Waals surface area contributed by atoms with Crippen LogP contribution < -0.4 is 10.2 Å². The van der Waals surface area contributed by atoms with Crippen molar-refractivity contribution in [2.75, 3.05) is 24.3 Å². The molecule has 2 N–H and O–H groups in total. The molecule has 2 aromatic carbocycles. The Balaban J connectivity index is 2.02. The Bertz CT molecular complexity index is 830. The lowest BCUT2D eigenvalue weighted by Crippen LogP contribution is -2.13. The van der Waals surface area contributed by atoms with E-state index in [4.69, 9.17) is 0 Å². The zero-order valence-corrected chi connectivity index (χ0v) is 13.5. The highest BCUT2D eigenvalue weighted by Crippen LogP contribution is 2.26. The lowest BCUT2D eigenvalue weighted by molar-refractivity contribution is 0.199. The minimum absolute atomic E-state index is 0.508. The van der Waals surface area contributed by atoms with Crippen molar-refractivity contribution < 1.29 is 5.11 Å². The molecule has 3 aromatic rings. The van der Waals surface area contributed by atoms with Crippen molar-refractivity contribution in [2.24, 2.45) is 0 Å². The minimum Gasteiger partial charge on any atom is -0.389 e. The number of aliphatic hydroxyl groups excluding tert-OH is 1. The third kappa shape index (κ3) is 3.24. The van der Waals surface area contributed by atoms with E-state index in [-0.39, 0.29) is 0 Å². The highest BCUT2D eigenvalue weighted by Gasteiger charge is 2.10. The topological polar surface area (TPSA) is 61.3 Å². The van der Waals surface area contributed by atoms with Gasteiger partial charge in [0.2, 0.25) is 5.95 Å². The van der Waals surface area contributed by atoms with Gasteiger partial charge in [-0.05, 0) is 36.8 Å². The zero-order valence-electron chi connectivity index (χ0n) is 13.5. The predicted molar refractivity (Wildman–Crippen MR) is 94.2 cm³/mol. The third-order valence-corrected chi connectivity index (χ3v) is 3.63. The van der Waals surface area contributed by atoms with Gasteiger partial charge in [0.25, 0.3) is 0 Å². The summed E-state index contributed by atoms with van der Waals surface area (Å²) < 4.78 is 0. The summed E-state index contributed by atoms with van der Waals surface area (Å²) in [5.41, 5.74) is 2.59. The number of nitrogens with one attached hydrogen (secondary N) is 1. The fraction of sp³-hybridized carbons (Fsp3) is 0.222. The van der Waals surface area contributed by atoms with E-state index in [0.29, 0.717) is 5.95 Å². The number of benzene rings is 2. The maximum atomic E-state index is 9.71. The van der Waals surface area contributed by atoms with Crippen molar-refractivity contribution >= 4 is 28.4 Å². The summed E-state index contributed by atoms with van der Waals surface area (Å²) in [5.74, 6) is 1.40. The Morgan fingerprint density at radius 3 is 2.57 bits per heavy atom. The van der Waals surface area contributed by atoms with Crippen LogP contribution in [0.2, 0.25) is 0 Å². The van der Waals surface area contributed by atoms with E-state index in [9.17, 15) is 5.11 Å². The summed E-state index contributed by atoms with van der Waals surface area (Å²) >= 11 is 0. The van der Waals surface area contributed by atoms with E-state index in [0.717, 1.165) is 28.0 Å². The fourth-order valence-corrected chi connectivity index (χ4v) is 2.46. The quantitative estimate of drug-likeness (QED) is 0.772. The largest absolute Gasteiger partial charge is 0.389 e. The molecule has 1 atom stereocenters. The van der Waals surface area contributed by atoms with Crippen LogP contribution in [0.5, 0.6) is 0 Å². The molecule has 0 aliphatic carbocycles. The third-order valence-electron chi connectivity index (χ3n) is 3.63. The molecule has 0 saturated carbocycles. The summed E-state index contributed by atoms with van der Waals surface area (Å²) in [6, 6.07) is 15.6. The Hall–Kier alpha value is -2.66. The summed E-state index contributed by atoms with van der Waals surface area (Å²) in [5, 5.41) is 13.9. The molecule has 0 unspecified atom stereocenters. The molecule has 23 heavy (non-hydrogen) atoms. The molecular formula is C18H20N4O. The number of rotatable bonds is 4. The molecule has 1 aromatic heterocycles. The maximum Gasteiger partial charge on any atom is 0.229 e. The first-order chi connectivity index (χ1) is 11.0. The number of nitrogens with zero attached hydrogens (tertiary/aromatic N) is 3. The van der Waals surface area contributed by atoms with Crippen molar-refractivity contribution in [1.29, 1.82) is 0 Å². The van der Waals surface area contributed by atoms with Gasteiger partial charge in [-0.2, -0.15) is 4.98 Å². The second kappa shape index (κ2) is 6.22. The van der Waals surface area contributed by atoms with Gasteiger partial charge in [-0.3, -0.25) is 0 Å². The SMILES string of the molecule is C[C@@H](O)c1cccc(Nc2nc(N(C)C)c3ccccc3n2)c1. The fourth-order valence-electron chi connectivity index (χ4n) is 2.46. The molecule has 0 spiro atoms. The molecule has 5 nitrogen and oxygen atoms in total. The Morgan fingerprint density at radius 2 is 1.83 bits per heavy atom. The average molecular weight is 308 g/mol. The number of fused-ring (bicyclic) bond motifs is 1. The van der Waals surface area contributed by atoms with Crippen LogP contribution in [0.3, 0.4) is 0 Å². The lowest BCUT2D eigenvalue weighted by atomic mass is 10.1. The van der Waals surface area contributed by atoms with Crippen LogP contribution in [0, 0.1) is 0 Å². The zero-order chi connectivity index (χ0) is 16.4. The smallest absolute Gasteiger partial charge is 0.229 e. The van der Waals surface area contributed by atoms with E-state index < -0.39 is 6.10 Å². The van der Waals surface area contributed by atoms with Gasteiger partial charge in [0.1, 0.15) is 5.82 Å². The molecule has 1 heterocycles. The number of para-hydroxylation sites is 1. The van der Waals surface area contributed by atoms with Crippen molar-refractivity contribution in [1.82, 2.24) is 9.97 Å². The summed E-state index contributed by atoms with van der Waals surface area (Å²) in [4.78, 5) is 11.2. The van der Waals surface area contributed by atoms with Crippen LogP contribution in [0.4, 0.5) is 17.5 Å². The van der Waals surface area contributed by atoms with E-state index in [1.54, 1.807) is 6.92 Å². The summed E-state index contributed by atoms with van der Waals surface area (Å²) in [7, 11) is 3.93. The molecule has 0 aliphatic rings. The van der Waals surface area contributed by atoms with Crippen LogP contribution in [0.25, 0.3) is 10.9 Å². The highest BCUT2D eigenvalue weighted by molar-refractivity contribution is 5.90. The number of hydrogen-bond donors (Lipinski definition) is 2. The maximum absolute atomic E-state index is 9.71. The number of anilines is 3. The van der Waals surface area contributed by atoms with Crippen LogP contribution in [-0.4, -0.2) is 29.2 Å². The van der Waals surface area contributed by atoms with Gasteiger partial charge in [-0.15, -0.1) is 0 Å².